The predicted octanol–water partition coefficient (Wildman–Crippen LogP) is 4.60. The second kappa shape index (κ2) is 7.76. The number of aromatic nitrogens is 1. The summed E-state index contributed by atoms with van der Waals surface area (Å²) in [5, 5.41) is 0.615. The fourth-order valence-electron chi connectivity index (χ4n) is 3.73. The summed E-state index contributed by atoms with van der Waals surface area (Å²) >= 11 is 1.47. The molecule has 0 bridgehead atoms. The van der Waals surface area contributed by atoms with Gasteiger partial charge < -0.3 is 9.32 Å². The van der Waals surface area contributed by atoms with E-state index in [0.29, 0.717) is 24.0 Å². The number of likely N-dealkylation sites (tertiary alicyclic amines) is 1. The summed E-state index contributed by atoms with van der Waals surface area (Å²) in [4.78, 5) is 34.2. The Hall–Kier alpha value is -3.45. The van der Waals surface area contributed by atoms with E-state index in [1.54, 1.807) is 22.1 Å². The summed E-state index contributed by atoms with van der Waals surface area (Å²) in [6.07, 6.45) is 1.77. The van der Waals surface area contributed by atoms with E-state index in [1.807, 2.05) is 60.7 Å². The molecule has 1 fully saturated rings. The van der Waals surface area contributed by atoms with Gasteiger partial charge in [0, 0.05) is 13.0 Å². The minimum Gasteiger partial charge on any atom is -0.467 e. The SMILES string of the molecule is O=C1CC(C(=O)N(c2ccccc2)c2nc3ccccc3s2)CN1Cc1ccco1. The van der Waals surface area contributed by atoms with E-state index in [0.717, 1.165) is 15.9 Å². The van der Waals surface area contributed by atoms with Gasteiger partial charge in [0.25, 0.3) is 0 Å². The van der Waals surface area contributed by atoms with Crippen molar-refractivity contribution in [2.45, 2.75) is 13.0 Å². The van der Waals surface area contributed by atoms with Crippen LogP contribution in [0.1, 0.15) is 12.2 Å². The number of amides is 2. The third-order valence-corrected chi connectivity index (χ3v) is 6.22. The van der Waals surface area contributed by atoms with Crippen molar-refractivity contribution >= 4 is 44.2 Å². The molecule has 1 atom stereocenters. The molecule has 2 aromatic carbocycles. The minimum absolute atomic E-state index is 0.0398. The summed E-state index contributed by atoms with van der Waals surface area (Å²) in [5.41, 5.74) is 1.60. The number of nitrogens with zero attached hydrogens (tertiary/aromatic N) is 3. The van der Waals surface area contributed by atoms with Crippen molar-refractivity contribution in [1.29, 1.82) is 0 Å². The number of fused-ring (bicyclic) bond motifs is 1. The van der Waals surface area contributed by atoms with Gasteiger partial charge in [-0.15, -0.1) is 0 Å². The molecule has 6 nitrogen and oxygen atoms in total. The number of carbonyl (C=O) groups excluding carboxylic acids is 2. The lowest BCUT2D eigenvalue weighted by Gasteiger charge is -2.23. The molecule has 2 amide bonds. The van der Waals surface area contributed by atoms with E-state index in [4.69, 9.17) is 9.40 Å². The number of furan rings is 1. The molecule has 4 aromatic rings. The minimum atomic E-state index is -0.431. The molecule has 0 radical (unpaired) electrons. The van der Waals surface area contributed by atoms with E-state index in [2.05, 4.69) is 0 Å². The Balaban J connectivity index is 1.45. The highest BCUT2D eigenvalue weighted by Gasteiger charge is 2.38. The average molecular weight is 417 g/mol. The number of hydrogen-bond donors (Lipinski definition) is 0. The number of rotatable bonds is 5. The van der Waals surface area contributed by atoms with Gasteiger partial charge in [-0.05, 0) is 36.4 Å². The molecular formula is C23H19N3O3S. The number of anilines is 2. The highest BCUT2D eigenvalue weighted by atomic mass is 32.1. The van der Waals surface area contributed by atoms with Gasteiger partial charge in [-0.2, -0.15) is 0 Å². The first-order chi connectivity index (χ1) is 14.7. The lowest BCUT2D eigenvalue weighted by molar-refractivity contribution is -0.129. The molecule has 150 valence electrons. The maximum Gasteiger partial charge on any atom is 0.238 e. The molecule has 0 N–H and O–H groups in total. The predicted molar refractivity (Wildman–Crippen MR) is 115 cm³/mol. The maximum atomic E-state index is 13.6. The molecule has 2 aromatic heterocycles. The highest BCUT2D eigenvalue weighted by molar-refractivity contribution is 7.22. The maximum absolute atomic E-state index is 13.6. The molecule has 7 heteroatoms. The molecular weight excluding hydrogens is 398 g/mol. The molecule has 30 heavy (non-hydrogen) atoms. The van der Waals surface area contributed by atoms with Crippen LogP contribution in [-0.4, -0.2) is 28.2 Å². The molecule has 5 rings (SSSR count). The van der Waals surface area contributed by atoms with Crippen LogP contribution < -0.4 is 4.90 Å². The van der Waals surface area contributed by atoms with Crippen LogP contribution in [0.4, 0.5) is 10.8 Å². The standard InChI is InChI=1S/C23H19N3O3S/c27-21-13-16(14-25(21)15-18-9-6-12-29-18)22(28)26(17-7-2-1-3-8-17)23-24-19-10-4-5-11-20(19)30-23/h1-12,16H,13-15H2. The van der Waals surface area contributed by atoms with Gasteiger partial charge in [-0.25, -0.2) is 4.98 Å². The third-order valence-electron chi connectivity index (χ3n) is 5.20. The van der Waals surface area contributed by atoms with Crippen LogP contribution in [0.15, 0.2) is 77.4 Å². The van der Waals surface area contributed by atoms with Crippen LogP contribution >= 0.6 is 11.3 Å². The zero-order chi connectivity index (χ0) is 20.5. The first-order valence-electron chi connectivity index (χ1n) is 9.74. The van der Waals surface area contributed by atoms with Gasteiger partial charge in [0.15, 0.2) is 5.13 Å². The van der Waals surface area contributed by atoms with E-state index < -0.39 is 5.92 Å². The van der Waals surface area contributed by atoms with Crippen LogP contribution in [0.5, 0.6) is 0 Å². The van der Waals surface area contributed by atoms with Crippen LogP contribution in [0.3, 0.4) is 0 Å². The molecule has 1 unspecified atom stereocenters. The van der Waals surface area contributed by atoms with E-state index >= 15 is 0 Å². The molecule has 1 aliphatic heterocycles. The van der Waals surface area contributed by atoms with Gasteiger partial charge in [-0.1, -0.05) is 41.7 Å². The van der Waals surface area contributed by atoms with Gasteiger partial charge in [0.05, 0.1) is 34.6 Å². The molecule has 1 aliphatic rings. The fourth-order valence-corrected chi connectivity index (χ4v) is 4.72. The van der Waals surface area contributed by atoms with Crippen LogP contribution in [0.2, 0.25) is 0 Å². The smallest absolute Gasteiger partial charge is 0.238 e. The Kier molecular flexibility index (Phi) is 4.80. The molecule has 3 heterocycles. The van der Waals surface area contributed by atoms with Crippen molar-refractivity contribution in [2.24, 2.45) is 5.92 Å². The molecule has 0 saturated carbocycles. The van der Waals surface area contributed by atoms with Gasteiger partial charge >= 0.3 is 0 Å². The Labute approximate surface area is 177 Å². The largest absolute Gasteiger partial charge is 0.467 e. The van der Waals surface area contributed by atoms with E-state index in [1.165, 1.54) is 11.3 Å². The van der Waals surface area contributed by atoms with Crippen molar-refractivity contribution in [3.8, 4) is 0 Å². The number of para-hydroxylation sites is 2. The highest BCUT2D eigenvalue weighted by Crippen LogP contribution is 2.36. The second-order valence-corrected chi connectivity index (χ2v) is 8.24. The van der Waals surface area contributed by atoms with Crippen LogP contribution in [-0.2, 0) is 16.1 Å². The average Bonchev–Trinajstić information content (AvgIpc) is 3.50. The van der Waals surface area contributed by atoms with Crippen LogP contribution in [0.25, 0.3) is 10.2 Å². The second-order valence-electron chi connectivity index (χ2n) is 7.23. The first kappa shape index (κ1) is 18.6. The lowest BCUT2D eigenvalue weighted by atomic mass is 10.1. The Morgan fingerprint density at radius 2 is 1.90 bits per heavy atom. The van der Waals surface area contributed by atoms with Crippen LogP contribution in [0, 0.1) is 5.92 Å². The van der Waals surface area contributed by atoms with Gasteiger partial charge in [0.2, 0.25) is 11.8 Å². The quantitative estimate of drug-likeness (QED) is 0.476. The Morgan fingerprint density at radius 1 is 1.10 bits per heavy atom. The van der Waals surface area contributed by atoms with Crippen molar-refractivity contribution in [3.05, 3.63) is 78.8 Å². The summed E-state index contributed by atoms with van der Waals surface area (Å²) in [5.74, 6) is 0.125. The van der Waals surface area contributed by atoms with E-state index in [9.17, 15) is 9.59 Å². The molecule has 0 aliphatic carbocycles. The number of thiazole rings is 1. The van der Waals surface area contributed by atoms with Gasteiger partial charge in [0.1, 0.15) is 5.76 Å². The van der Waals surface area contributed by atoms with Gasteiger partial charge in [-0.3, -0.25) is 14.5 Å². The number of hydrogen-bond acceptors (Lipinski definition) is 5. The lowest BCUT2D eigenvalue weighted by Crippen LogP contribution is -2.34. The van der Waals surface area contributed by atoms with Crippen molar-refractivity contribution in [2.75, 3.05) is 11.4 Å². The summed E-state index contributed by atoms with van der Waals surface area (Å²) in [6.45, 7) is 0.745. The topological polar surface area (TPSA) is 66.7 Å². The number of carbonyl (C=O) groups is 2. The van der Waals surface area contributed by atoms with Crippen molar-refractivity contribution in [3.63, 3.8) is 0 Å². The first-order valence-corrected chi connectivity index (χ1v) is 10.6. The summed E-state index contributed by atoms with van der Waals surface area (Å²) in [7, 11) is 0. The van der Waals surface area contributed by atoms with Crippen molar-refractivity contribution in [1.82, 2.24) is 9.88 Å². The third kappa shape index (κ3) is 3.48. The molecule has 1 saturated heterocycles. The molecule has 0 spiro atoms. The summed E-state index contributed by atoms with van der Waals surface area (Å²) in [6, 6.07) is 20.9. The fraction of sp³-hybridized carbons (Fsp3) is 0.174. The van der Waals surface area contributed by atoms with Crippen molar-refractivity contribution < 1.29 is 14.0 Å². The Morgan fingerprint density at radius 3 is 2.67 bits per heavy atom. The monoisotopic (exact) mass is 417 g/mol. The Bertz CT molecular complexity index is 1150. The normalized spacial score (nSPS) is 16.3. The summed E-state index contributed by atoms with van der Waals surface area (Å²) < 4.78 is 6.38. The number of benzene rings is 2. The zero-order valence-electron chi connectivity index (χ0n) is 16.1. The van der Waals surface area contributed by atoms with E-state index in [-0.39, 0.29) is 18.2 Å². The zero-order valence-corrected chi connectivity index (χ0v) is 16.9.